The molecule has 0 amide bonds. The Hall–Kier alpha value is -1.88. The van der Waals surface area contributed by atoms with E-state index in [4.69, 9.17) is 10.5 Å². The van der Waals surface area contributed by atoms with E-state index in [0.717, 1.165) is 5.56 Å². The summed E-state index contributed by atoms with van der Waals surface area (Å²) in [5.41, 5.74) is 4.33. The van der Waals surface area contributed by atoms with Crippen molar-refractivity contribution in [2.24, 2.45) is 5.73 Å². The van der Waals surface area contributed by atoms with Crippen molar-refractivity contribution >= 4 is 11.9 Å². The molecule has 0 heterocycles. The van der Waals surface area contributed by atoms with Crippen LogP contribution in [0.5, 0.6) is 0 Å². The number of rotatable bonds is 5. The number of benzene rings is 1. The van der Waals surface area contributed by atoms with Crippen molar-refractivity contribution in [3.63, 3.8) is 0 Å². The number of carbonyl (C=O) groups excluding carboxylic acids is 1. The zero-order valence-corrected chi connectivity index (χ0v) is 12.1. The maximum atomic E-state index is 11.8. The number of aliphatic carboxylic acids is 1. The SMILES string of the molecule is CC(C)(C)OC(=O)CC(N)(Cc1ccccc1)C(=O)O. The van der Waals surface area contributed by atoms with E-state index in [2.05, 4.69) is 0 Å². The molecular formula is C15H21NO4. The number of carboxylic acids is 1. The molecule has 0 radical (unpaired) electrons. The Kier molecular flexibility index (Phi) is 4.89. The van der Waals surface area contributed by atoms with E-state index in [9.17, 15) is 14.7 Å². The fraction of sp³-hybridized carbons (Fsp3) is 0.467. The van der Waals surface area contributed by atoms with Crippen LogP contribution in [-0.2, 0) is 20.7 Å². The summed E-state index contributed by atoms with van der Waals surface area (Å²) < 4.78 is 5.14. The Labute approximate surface area is 118 Å². The van der Waals surface area contributed by atoms with Gasteiger partial charge in [0.25, 0.3) is 0 Å². The Morgan fingerprint density at radius 1 is 1.20 bits per heavy atom. The average molecular weight is 279 g/mol. The lowest BCUT2D eigenvalue weighted by Gasteiger charge is -2.26. The van der Waals surface area contributed by atoms with Crippen LogP contribution in [0.1, 0.15) is 32.8 Å². The summed E-state index contributed by atoms with van der Waals surface area (Å²) in [5, 5.41) is 9.31. The normalized spacial score (nSPS) is 14.4. The predicted molar refractivity (Wildman–Crippen MR) is 75.2 cm³/mol. The van der Waals surface area contributed by atoms with Gasteiger partial charge in [0.05, 0.1) is 6.42 Å². The molecule has 0 aliphatic carbocycles. The Morgan fingerprint density at radius 3 is 2.20 bits per heavy atom. The molecular weight excluding hydrogens is 258 g/mol. The van der Waals surface area contributed by atoms with Crippen LogP contribution in [0.2, 0.25) is 0 Å². The largest absolute Gasteiger partial charge is 0.480 e. The van der Waals surface area contributed by atoms with E-state index in [1.807, 2.05) is 6.07 Å². The van der Waals surface area contributed by atoms with Gasteiger partial charge in [-0.25, -0.2) is 0 Å². The molecule has 0 saturated carbocycles. The van der Waals surface area contributed by atoms with E-state index in [-0.39, 0.29) is 12.8 Å². The molecule has 5 nitrogen and oxygen atoms in total. The van der Waals surface area contributed by atoms with Crippen molar-refractivity contribution in [2.45, 2.75) is 44.8 Å². The molecule has 20 heavy (non-hydrogen) atoms. The molecule has 5 heteroatoms. The summed E-state index contributed by atoms with van der Waals surface area (Å²) in [6.07, 6.45) is -0.295. The fourth-order valence-corrected chi connectivity index (χ4v) is 1.81. The first-order valence-electron chi connectivity index (χ1n) is 6.40. The summed E-state index contributed by atoms with van der Waals surface area (Å²) in [6.45, 7) is 5.17. The van der Waals surface area contributed by atoms with E-state index < -0.39 is 23.1 Å². The van der Waals surface area contributed by atoms with Crippen molar-refractivity contribution in [3.8, 4) is 0 Å². The standard InChI is InChI=1S/C15H21NO4/c1-14(2,3)20-12(17)10-15(16,13(18)19)9-11-7-5-4-6-8-11/h4-8H,9-10,16H2,1-3H3,(H,18,19). The maximum Gasteiger partial charge on any atom is 0.324 e. The molecule has 110 valence electrons. The van der Waals surface area contributed by atoms with E-state index in [1.165, 1.54) is 0 Å². The smallest absolute Gasteiger partial charge is 0.324 e. The number of carbonyl (C=O) groups is 2. The first kappa shape index (κ1) is 16.2. The first-order chi connectivity index (χ1) is 9.12. The minimum atomic E-state index is -1.66. The van der Waals surface area contributed by atoms with E-state index in [0.29, 0.717) is 0 Å². The van der Waals surface area contributed by atoms with Crippen LogP contribution in [0.4, 0.5) is 0 Å². The number of hydrogen-bond acceptors (Lipinski definition) is 4. The summed E-state index contributed by atoms with van der Waals surface area (Å²) >= 11 is 0. The van der Waals surface area contributed by atoms with Crippen LogP contribution >= 0.6 is 0 Å². The highest BCUT2D eigenvalue weighted by atomic mass is 16.6. The third kappa shape index (κ3) is 5.01. The Balaban J connectivity index is 2.82. The molecule has 1 aromatic carbocycles. The molecule has 0 aliphatic rings. The van der Waals surface area contributed by atoms with Crippen LogP contribution in [0.15, 0.2) is 30.3 Å². The second kappa shape index (κ2) is 6.05. The second-order valence-corrected chi connectivity index (χ2v) is 5.89. The van der Waals surface area contributed by atoms with Crippen molar-refractivity contribution in [1.82, 2.24) is 0 Å². The molecule has 1 unspecified atom stereocenters. The predicted octanol–water partition coefficient (Wildman–Crippen LogP) is 1.74. The van der Waals surface area contributed by atoms with Gasteiger partial charge in [0.15, 0.2) is 0 Å². The van der Waals surface area contributed by atoms with Gasteiger partial charge in [-0.2, -0.15) is 0 Å². The molecule has 0 aromatic heterocycles. The van der Waals surface area contributed by atoms with Crippen molar-refractivity contribution in [1.29, 1.82) is 0 Å². The number of esters is 1. The van der Waals surface area contributed by atoms with Gasteiger partial charge in [0.1, 0.15) is 11.1 Å². The third-order valence-electron chi connectivity index (χ3n) is 2.67. The zero-order valence-electron chi connectivity index (χ0n) is 12.1. The minimum Gasteiger partial charge on any atom is -0.480 e. The number of nitrogens with two attached hydrogens (primary N) is 1. The molecule has 1 atom stereocenters. The van der Waals surface area contributed by atoms with Crippen molar-refractivity contribution in [3.05, 3.63) is 35.9 Å². The van der Waals surface area contributed by atoms with Gasteiger partial charge >= 0.3 is 11.9 Å². The van der Waals surface area contributed by atoms with Gasteiger partial charge in [-0.3, -0.25) is 9.59 Å². The first-order valence-corrected chi connectivity index (χ1v) is 6.40. The molecule has 1 aromatic rings. The number of ether oxygens (including phenoxy) is 1. The summed E-state index contributed by atoms with van der Waals surface area (Å²) in [6, 6.07) is 8.98. The third-order valence-corrected chi connectivity index (χ3v) is 2.67. The van der Waals surface area contributed by atoms with Crippen LogP contribution in [0.25, 0.3) is 0 Å². The molecule has 1 rings (SSSR count). The molecule has 0 spiro atoms. The molecule has 0 bridgehead atoms. The van der Waals surface area contributed by atoms with E-state index in [1.54, 1.807) is 45.0 Å². The summed E-state index contributed by atoms with van der Waals surface area (Å²) in [5.74, 6) is -1.83. The topological polar surface area (TPSA) is 89.6 Å². The van der Waals surface area contributed by atoms with E-state index >= 15 is 0 Å². The highest BCUT2D eigenvalue weighted by Crippen LogP contribution is 2.18. The lowest BCUT2D eigenvalue weighted by Crippen LogP contribution is -2.52. The van der Waals surface area contributed by atoms with Crippen LogP contribution in [0, 0.1) is 0 Å². The van der Waals surface area contributed by atoms with Crippen LogP contribution in [0.3, 0.4) is 0 Å². The lowest BCUT2D eigenvalue weighted by molar-refractivity contribution is -0.160. The van der Waals surface area contributed by atoms with Gasteiger partial charge in [-0.05, 0) is 26.3 Å². The highest BCUT2D eigenvalue weighted by Gasteiger charge is 2.38. The maximum absolute atomic E-state index is 11.8. The molecule has 0 fully saturated rings. The Morgan fingerprint density at radius 2 is 1.75 bits per heavy atom. The number of carboxylic acid groups (broad SMARTS) is 1. The molecule has 0 saturated heterocycles. The van der Waals surface area contributed by atoms with Gasteiger partial charge in [-0.1, -0.05) is 30.3 Å². The van der Waals surface area contributed by atoms with Gasteiger partial charge in [0, 0.05) is 6.42 Å². The average Bonchev–Trinajstić information content (AvgIpc) is 2.26. The fourth-order valence-electron chi connectivity index (χ4n) is 1.81. The lowest BCUT2D eigenvalue weighted by atomic mass is 9.88. The van der Waals surface area contributed by atoms with Crippen LogP contribution < -0.4 is 5.73 Å². The molecule has 0 aliphatic heterocycles. The highest BCUT2D eigenvalue weighted by molar-refractivity contribution is 5.85. The minimum absolute atomic E-state index is 0.0718. The Bertz CT molecular complexity index is 478. The molecule has 3 N–H and O–H groups in total. The summed E-state index contributed by atoms with van der Waals surface area (Å²) in [7, 11) is 0. The van der Waals surface area contributed by atoms with Crippen molar-refractivity contribution in [2.75, 3.05) is 0 Å². The number of hydrogen-bond donors (Lipinski definition) is 2. The monoisotopic (exact) mass is 279 g/mol. The van der Waals surface area contributed by atoms with Crippen molar-refractivity contribution < 1.29 is 19.4 Å². The quantitative estimate of drug-likeness (QED) is 0.801. The van der Waals surface area contributed by atoms with Gasteiger partial charge in [0.2, 0.25) is 0 Å². The summed E-state index contributed by atoms with van der Waals surface area (Å²) in [4.78, 5) is 23.2. The second-order valence-electron chi connectivity index (χ2n) is 5.89. The zero-order chi connectivity index (χ0) is 15.4. The van der Waals surface area contributed by atoms with Crippen LogP contribution in [-0.4, -0.2) is 28.2 Å². The van der Waals surface area contributed by atoms with Gasteiger partial charge < -0.3 is 15.6 Å². The van der Waals surface area contributed by atoms with Gasteiger partial charge in [-0.15, -0.1) is 0 Å².